The van der Waals surface area contributed by atoms with Gasteiger partial charge in [-0.3, -0.25) is 4.79 Å². The molecule has 7 nitrogen and oxygen atoms in total. The van der Waals surface area contributed by atoms with Crippen molar-refractivity contribution in [2.45, 2.75) is 13.5 Å². The average Bonchev–Trinajstić information content (AvgIpc) is 2.63. The fourth-order valence-corrected chi connectivity index (χ4v) is 3.06. The van der Waals surface area contributed by atoms with Gasteiger partial charge in [0.05, 0.1) is 16.8 Å². The summed E-state index contributed by atoms with van der Waals surface area (Å²) in [5.74, 6) is 0.771. The molecule has 0 spiro atoms. The molecule has 0 aliphatic carbocycles. The van der Waals surface area contributed by atoms with Gasteiger partial charge in [-0.2, -0.15) is 0 Å². The van der Waals surface area contributed by atoms with Crippen molar-refractivity contribution in [2.75, 3.05) is 23.9 Å². The number of nitrogens with one attached hydrogen (secondary N) is 1. The second kappa shape index (κ2) is 7.79. The molecule has 0 radical (unpaired) electrons. The summed E-state index contributed by atoms with van der Waals surface area (Å²) in [4.78, 5) is 17.1. The van der Waals surface area contributed by atoms with Crippen LogP contribution in [-0.2, 0) is 16.4 Å². The predicted octanol–water partition coefficient (Wildman–Crippen LogP) is 2.58. The van der Waals surface area contributed by atoms with E-state index in [0.29, 0.717) is 18.0 Å². The molecule has 1 aromatic heterocycles. The van der Waals surface area contributed by atoms with Gasteiger partial charge in [-0.25, -0.2) is 13.4 Å². The van der Waals surface area contributed by atoms with Crippen LogP contribution in [0.15, 0.2) is 53.3 Å². The molecule has 142 valence electrons. The Morgan fingerprint density at radius 1 is 1.11 bits per heavy atom. The number of anilines is 2. The van der Waals surface area contributed by atoms with Gasteiger partial charge in [-0.05, 0) is 43.3 Å². The minimum absolute atomic E-state index is 0.0371. The molecule has 8 heteroatoms. The standard InChI is InChI=1S/C19H21N3O4S/c1-3-22-17-7-5-4-6-16(17)21-18(19(22)23)20-14-8-10-15(11-9-14)26-12-13-27(2,24)25/h4-11H,3,12-13H2,1-2H3,(H,20,21). The molecule has 0 atom stereocenters. The van der Waals surface area contributed by atoms with E-state index in [1.165, 1.54) is 6.26 Å². The summed E-state index contributed by atoms with van der Waals surface area (Å²) in [6, 6.07) is 14.4. The fraction of sp³-hybridized carbons (Fsp3) is 0.263. The normalized spacial score (nSPS) is 11.5. The zero-order chi connectivity index (χ0) is 19.4. The van der Waals surface area contributed by atoms with Crippen LogP contribution in [0.2, 0.25) is 0 Å². The van der Waals surface area contributed by atoms with E-state index >= 15 is 0 Å². The van der Waals surface area contributed by atoms with Gasteiger partial charge in [0.2, 0.25) is 0 Å². The molecule has 1 heterocycles. The van der Waals surface area contributed by atoms with Crippen molar-refractivity contribution in [2.24, 2.45) is 0 Å². The Kier molecular flexibility index (Phi) is 5.46. The maximum atomic E-state index is 12.7. The second-order valence-electron chi connectivity index (χ2n) is 6.13. The topological polar surface area (TPSA) is 90.3 Å². The van der Waals surface area contributed by atoms with Crippen LogP contribution in [0.1, 0.15) is 6.92 Å². The van der Waals surface area contributed by atoms with Gasteiger partial charge in [0.15, 0.2) is 15.7 Å². The number of fused-ring (bicyclic) bond motifs is 1. The van der Waals surface area contributed by atoms with E-state index in [0.717, 1.165) is 11.0 Å². The van der Waals surface area contributed by atoms with Gasteiger partial charge in [0.1, 0.15) is 12.4 Å². The van der Waals surface area contributed by atoms with Crippen LogP contribution >= 0.6 is 0 Å². The summed E-state index contributed by atoms with van der Waals surface area (Å²) in [6.07, 6.45) is 1.17. The molecule has 0 unspecified atom stereocenters. The number of rotatable bonds is 7. The number of sulfone groups is 1. The number of para-hydroxylation sites is 2. The third kappa shape index (κ3) is 4.65. The van der Waals surface area contributed by atoms with E-state index in [2.05, 4.69) is 10.3 Å². The molecule has 0 fully saturated rings. The first-order valence-corrected chi connectivity index (χ1v) is 10.6. The molecule has 0 saturated heterocycles. The summed E-state index contributed by atoms with van der Waals surface area (Å²) < 4.78 is 29.3. The molecule has 2 aromatic carbocycles. The van der Waals surface area contributed by atoms with E-state index in [1.807, 2.05) is 31.2 Å². The highest BCUT2D eigenvalue weighted by atomic mass is 32.2. The monoisotopic (exact) mass is 387 g/mol. The summed E-state index contributed by atoms with van der Waals surface area (Å²) >= 11 is 0. The van der Waals surface area contributed by atoms with Gasteiger partial charge in [-0.1, -0.05) is 12.1 Å². The Morgan fingerprint density at radius 2 is 1.81 bits per heavy atom. The lowest BCUT2D eigenvalue weighted by Gasteiger charge is -2.12. The molecule has 1 N–H and O–H groups in total. The van der Waals surface area contributed by atoms with Crippen LogP contribution in [0, 0.1) is 0 Å². The van der Waals surface area contributed by atoms with E-state index < -0.39 is 9.84 Å². The second-order valence-corrected chi connectivity index (χ2v) is 8.39. The highest BCUT2D eigenvalue weighted by molar-refractivity contribution is 7.90. The minimum atomic E-state index is -3.06. The molecule has 0 aliphatic heterocycles. The fourth-order valence-electron chi connectivity index (χ4n) is 2.67. The Labute approximate surface area is 157 Å². The lowest BCUT2D eigenvalue weighted by Crippen LogP contribution is -2.23. The number of nitrogens with zero attached hydrogens (tertiary/aromatic N) is 2. The maximum Gasteiger partial charge on any atom is 0.294 e. The van der Waals surface area contributed by atoms with E-state index in [4.69, 9.17) is 4.74 Å². The number of aromatic nitrogens is 2. The zero-order valence-electron chi connectivity index (χ0n) is 15.2. The molecule has 27 heavy (non-hydrogen) atoms. The van der Waals surface area contributed by atoms with E-state index in [-0.39, 0.29) is 23.7 Å². The molecular formula is C19H21N3O4S. The Morgan fingerprint density at radius 3 is 2.48 bits per heavy atom. The Bertz CT molecular complexity index is 1110. The first-order valence-electron chi connectivity index (χ1n) is 8.54. The zero-order valence-corrected chi connectivity index (χ0v) is 16.0. The van der Waals surface area contributed by atoms with Crippen molar-refractivity contribution in [3.63, 3.8) is 0 Å². The summed E-state index contributed by atoms with van der Waals surface area (Å²) in [7, 11) is -3.06. The van der Waals surface area contributed by atoms with Gasteiger partial charge in [-0.15, -0.1) is 0 Å². The first-order chi connectivity index (χ1) is 12.9. The molecule has 0 amide bonds. The van der Waals surface area contributed by atoms with Crippen LogP contribution < -0.4 is 15.6 Å². The van der Waals surface area contributed by atoms with Crippen molar-refractivity contribution in [1.29, 1.82) is 0 Å². The van der Waals surface area contributed by atoms with Crippen LogP contribution in [0.25, 0.3) is 11.0 Å². The number of hydrogen-bond donors (Lipinski definition) is 1. The van der Waals surface area contributed by atoms with Crippen molar-refractivity contribution in [1.82, 2.24) is 9.55 Å². The maximum absolute atomic E-state index is 12.7. The van der Waals surface area contributed by atoms with Crippen LogP contribution in [0.5, 0.6) is 5.75 Å². The smallest absolute Gasteiger partial charge is 0.294 e. The number of ether oxygens (including phenoxy) is 1. The van der Waals surface area contributed by atoms with Gasteiger partial charge < -0.3 is 14.6 Å². The lowest BCUT2D eigenvalue weighted by atomic mass is 10.3. The van der Waals surface area contributed by atoms with Crippen molar-refractivity contribution in [3.8, 4) is 5.75 Å². The lowest BCUT2D eigenvalue weighted by molar-refractivity contribution is 0.341. The van der Waals surface area contributed by atoms with E-state index in [1.54, 1.807) is 28.8 Å². The molecule has 0 saturated carbocycles. The molecule has 3 aromatic rings. The summed E-state index contributed by atoms with van der Waals surface area (Å²) in [5.41, 5.74) is 2.03. The largest absolute Gasteiger partial charge is 0.493 e. The number of benzene rings is 2. The van der Waals surface area contributed by atoms with Gasteiger partial charge >= 0.3 is 0 Å². The molecule has 0 bridgehead atoms. The predicted molar refractivity (Wildman–Crippen MR) is 107 cm³/mol. The van der Waals surface area contributed by atoms with Crippen LogP contribution in [0.4, 0.5) is 11.5 Å². The first kappa shape index (κ1) is 18.9. The van der Waals surface area contributed by atoms with Crippen LogP contribution in [0.3, 0.4) is 0 Å². The highest BCUT2D eigenvalue weighted by Crippen LogP contribution is 2.19. The number of aryl methyl sites for hydroxylation is 1. The molecule has 0 aliphatic rings. The molecular weight excluding hydrogens is 366 g/mol. The average molecular weight is 387 g/mol. The van der Waals surface area contributed by atoms with Crippen LogP contribution in [-0.4, -0.2) is 36.6 Å². The van der Waals surface area contributed by atoms with Crippen molar-refractivity contribution < 1.29 is 13.2 Å². The molecule has 3 rings (SSSR count). The highest BCUT2D eigenvalue weighted by Gasteiger charge is 2.10. The van der Waals surface area contributed by atoms with E-state index in [9.17, 15) is 13.2 Å². The SMILES string of the molecule is CCn1c(=O)c(Nc2ccc(OCCS(C)(=O)=O)cc2)nc2ccccc21. The van der Waals surface area contributed by atoms with Gasteiger partial charge in [0, 0.05) is 18.5 Å². The van der Waals surface area contributed by atoms with Crippen molar-refractivity contribution >= 4 is 32.4 Å². The Balaban J connectivity index is 1.79. The Hall–Kier alpha value is -2.87. The quantitative estimate of drug-likeness (QED) is 0.670. The number of hydrogen-bond acceptors (Lipinski definition) is 6. The summed E-state index contributed by atoms with van der Waals surface area (Å²) in [6.45, 7) is 2.56. The third-order valence-corrected chi connectivity index (χ3v) is 4.92. The minimum Gasteiger partial charge on any atom is -0.493 e. The third-order valence-electron chi connectivity index (χ3n) is 4.01. The summed E-state index contributed by atoms with van der Waals surface area (Å²) in [5, 5.41) is 3.05. The van der Waals surface area contributed by atoms with Gasteiger partial charge in [0.25, 0.3) is 5.56 Å². The van der Waals surface area contributed by atoms with Crippen molar-refractivity contribution in [3.05, 3.63) is 58.9 Å².